The van der Waals surface area contributed by atoms with Gasteiger partial charge in [-0.1, -0.05) is 23.2 Å². The number of methoxy groups -OCH3 is 1. The minimum atomic E-state index is -0.0847. The van der Waals surface area contributed by atoms with E-state index in [-0.39, 0.29) is 11.8 Å². The summed E-state index contributed by atoms with van der Waals surface area (Å²) in [6.07, 6.45) is 0. The van der Waals surface area contributed by atoms with Crippen molar-refractivity contribution in [3.63, 3.8) is 0 Å². The van der Waals surface area contributed by atoms with E-state index in [1.54, 1.807) is 25.3 Å². The molecule has 2 amide bonds. The van der Waals surface area contributed by atoms with E-state index in [1.165, 1.54) is 11.8 Å². The maximum Gasteiger partial charge on any atom is 0.257 e. The Kier molecular flexibility index (Phi) is 8.44. The first kappa shape index (κ1) is 25.2. The van der Waals surface area contributed by atoms with E-state index in [2.05, 4.69) is 10.2 Å². The number of benzene rings is 3. The number of anilines is 2. The van der Waals surface area contributed by atoms with Crippen molar-refractivity contribution in [1.29, 1.82) is 0 Å². The summed E-state index contributed by atoms with van der Waals surface area (Å²) in [5.41, 5.74) is 2.27. The first-order valence-corrected chi connectivity index (χ1v) is 12.8. The Morgan fingerprint density at radius 3 is 2.23 bits per heavy atom. The van der Waals surface area contributed by atoms with E-state index in [0.717, 1.165) is 16.3 Å². The third-order valence-electron chi connectivity index (χ3n) is 5.66. The molecule has 35 heavy (non-hydrogen) atoms. The molecule has 0 aromatic heterocycles. The number of amides is 2. The van der Waals surface area contributed by atoms with E-state index >= 15 is 0 Å². The molecule has 4 rings (SSSR count). The van der Waals surface area contributed by atoms with Crippen LogP contribution in [0.2, 0.25) is 10.0 Å². The van der Waals surface area contributed by atoms with Crippen LogP contribution in [0.15, 0.2) is 71.6 Å². The fourth-order valence-electron chi connectivity index (χ4n) is 3.82. The monoisotopic (exact) mass is 529 g/mol. The molecule has 0 unspecified atom stereocenters. The van der Waals surface area contributed by atoms with Gasteiger partial charge in [0.05, 0.1) is 18.4 Å². The zero-order valence-corrected chi connectivity index (χ0v) is 21.5. The number of rotatable bonds is 7. The van der Waals surface area contributed by atoms with Crippen molar-refractivity contribution in [1.82, 2.24) is 4.90 Å². The second-order valence-electron chi connectivity index (χ2n) is 7.96. The van der Waals surface area contributed by atoms with Crippen LogP contribution in [0.4, 0.5) is 11.4 Å². The lowest BCUT2D eigenvalue weighted by Crippen LogP contribution is -2.48. The van der Waals surface area contributed by atoms with E-state index < -0.39 is 0 Å². The number of hydrogen-bond donors (Lipinski definition) is 1. The summed E-state index contributed by atoms with van der Waals surface area (Å²) in [4.78, 5) is 30.3. The highest BCUT2D eigenvalue weighted by Gasteiger charge is 2.24. The van der Waals surface area contributed by atoms with E-state index in [9.17, 15) is 9.59 Å². The van der Waals surface area contributed by atoms with Gasteiger partial charge in [-0.05, 0) is 66.7 Å². The van der Waals surface area contributed by atoms with Gasteiger partial charge in [-0.3, -0.25) is 9.59 Å². The van der Waals surface area contributed by atoms with Gasteiger partial charge in [-0.25, -0.2) is 0 Å². The Bertz CT molecular complexity index is 1180. The van der Waals surface area contributed by atoms with Crippen LogP contribution in [0.1, 0.15) is 10.4 Å². The number of piperazine rings is 1. The molecule has 0 spiro atoms. The zero-order chi connectivity index (χ0) is 24.8. The molecule has 1 fully saturated rings. The van der Waals surface area contributed by atoms with Crippen molar-refractivity contribution in [3.05, 3.63) is 82.3 Å². The van der Waals surface area contributed by atoms with Crippen molar-refractivity contribution < 1.29 is 14.3 Å². The zero-order valence-electron chi connectivity index (χ0n) is 19.2. The minimum Gasteiger partial charge on any atom is -0.496 e. The smallest absolute Gasteiger partial charge is 0.257 e. The van der Waals surface area contributed by atoms with Crippen LogP contribution in [-0.2, 0) is 4.79 Å². The normalized spacial score (nSPS) is 13.5. The van der Waals surface area contributed by atoms with Gasteiger partial charge in [-0.15, -0.1) is 11.8 Å². The molecule has 6 nitrogen and oxygen atoms in total. The summed E-state index contributed by atoms with van der Waals surface area (Å²) in [7, 11) is 1.54. The molecule has 0 saturated carbocycles. The molecule has 9 heteroatoms. The van der Waals surface area contributed by atoms with Crippen molar-refractivity contribution >= 4 is 58.2 Å². The highest BCUT2D eigenvalue weighted by molar-refractivity contribution is 8.00. The average molecular weight is 530 g/mol. The summed E-state index contributed by atoms with van der Waals surface area (Å²) in [6.45, 7) is 2.60. The molecule has 1 N–H and O–H groups in total. The number of carbonyl (C=O) groups excluding carboxylic acids is 2. The summed E-state index contributed by atoms with van der Waals surface area (Å²) < 4.78 is 5.33. The van der Waals surface area contributed by atoms with Crippen LogP contribution < -0.4 is 15.0 Å². The summed E-state index contributed by atoms with van der Waals surface area (Å²) in [6, 6.07) is 20.2. The Balaban J connectivity index is 1.28. The molecule has 3 aromatic rings. The van der Waals surface area contributed by atoms with Crippen LogP contribution in [0.25, 0.3) is 0 Å². The maximum absolute atomic E-state index is 13.0. The molecule has 182 valence electrons. The van der Waals surface area contributed by atoms with Crippen LogP contribution in [0, 0.1) is 0 Å². The van der Waals surface area contributed by atoms with Crippen molar-refractivity contribution in [2.45, 2.75) is 4.90 Å². The first-order chi connectivity index (χ1) is 16.9. The van der Waals surface area contributed by atoms with Crippen molar-refractivity contribution in [2.75, 3.05) is 49.3 Å². The van der Waals surface area contributed by atoms with Crippen molar-refractivity contribution in [3.8, 4) is 5.75 Å². The number of nitrogens with one attached hydrogen (secondary N) is 1. The second-order valence-corrected chi connectivity index (χ2v) is 9.88. The van der Waals surface area contributed by atoms with Crippen molar-refractivity contribution in [2.24, 2.45) is 0 Å². The number of halogens is 2. The fraction of sp³-hybridized carbons (Fsp3) is 0.231. The van der Waals surface area contributed by atoms with Crippen LogP contribution in [-0.4, -0.2) is 55.8 Å². The van der Waals surface area contributed by atoms with Gasteiger partial charge in [0.25, 0.3) is 5.91 Å². The molecule has 0 atom stereocenters. The predicted octanol–water partition coefficient (Wildman–Crippen LogP) is 5.70. The van der Waals surface area contributed by atoms with Gasteiger partial charge in [0.2, 0.25) is 5.91 Å². The Labute approximate surface area is 219 Å². The molecule has 1 saturated heterocycles. The van der Waals surface area contributed by atoms with Gasteiger partial charge in [0, 0.05) is 52.5 Å². The van der Waals surface area contributed by atoms with Gasteiger partial charge >= 0.3 is 0 Å². The van der Waals surface area contributed by atoms with E-state index in [0.29, 0.717) is 53.3 Å². The van der Waals surface area contributed by atoms with Crippen LogP contribution >= 0.6 is 35.0 Å². The molecular weight excluding hydrogens is 505 g/mol. The molecule has 0 radical (unpaired) electrons. The van der Waals surface area contributed by atoms with Crippen LogP contribution in [0.5, 0.6) is 5.75 Å². The number of ether oxygens (including phenoxy) is 1. The third-order valence-corrected chi connectivity index (χ3v) is 7.16. The molecule has 3 aromatic carbocycles. The van der Waals surface area contributed by atoms with E-state index in [4.69, 9.17) is 27.9 Å². The lowest BCUT2D eigenvalue weighted by atomic mass is 10.1. The van der Waals surface area contributed by atoms with Crippen LogP contribution in [0.3, 0.4) is 0 Å². The Hall–Kier alpha value is -2.87. The predicted molar refractivity (Wildman–Crippen MR) is 143 cm³/mol. The second kappa shape index (κ2) is 11.7. The average Bonchev–Trinajstić information content (AvgIpc) is 2.88. The molecule has 1 heterocycles. The third kappa shape index (κ3) is 6.63. The largest absolute Gasteiger partial charge is 0.496 e. The lowest BCUT2D eigenvalue weighted by Gasteiger charge is -2.36. The number of carbonyl (C=O) groups is 2. The first-order valence-electron chi connectivity index (χ1n) is 11.1. The number of thioether (sulfide) groups is 1. The molecular formula is C26H25Cl2N3O3S. The topological polar surface area (TPSA) is 61.9 Å². The number of hydrogen-bond acceptors (Lipinski definition) is 5. The molecule has 0 bridgehead atoms. The SMILES string of the molecule is COc1ccc(Cl)cc1C(=O)N1CCN(c2ccc(NC(=O)CSc3ccc(Cl)cc3)cc2)CC1. The summed E-state index contributed by atoms with van der Waals surface area (Å²) in [5.74, 6) is 0.683. The highest BCUT2D eigenvalue weighted by atomic mass is 35.5. The molecule has 1 aliphatic heterocycles. The Morgan fingerprint density at radius 1 is 0.914 bits per heavy atom. The molecule has 1 aliphatic rings. The summed E-state index contributed by atoms with van der Waals surface area (Å²) in [5, 5.41) is 4.11. The lowest BCUT2D eigenvalue weighted by molar-refractivity contribution is -0.113. The van der Waals surface area contributed by atoms with Gasteiger partial charge < -0.3 is 19.9 Å². The van der Waals surface area contributed by atoms with Gasteiger partial charge in [0.1, 0.15) is 5.75 Å². The van der Waals surface area contributed by atoms with Gasteiger partial charge in [-0.2, -0.15) is 0 Å². The van der Waals surface area contributed by atoms with Gasteiger partial charge in [0.15, 0.2) is 0 Å². The highest BCUT2D eigenvalue weighted by Crippen LogP contribution is 2.26. The van der Waals surface area contributed by atoms with E-state index in [1.807, 2.05) is 53.4 Å². The Morgan fingerprint density at radius 2 is 1.57 bits per heavy atom. The number of nitrogens with zero attached hydrogens (tertiary/aromatic N) is 2. The minimum absolute atomic E-state index is 0.0683. The molecule has 0 aliphatic carbocycles. The standard InChI is InChI=1S/C26H25Cl2N3O3S/c1-34-24-11-4-19(28)16-23(24)26(33)31-14-12-30(13-15-31)21-7-5-20(6-8-21)29-25(32)17-35-22-9-2-18(27)3-10-22/h2-11,16H,12-15,17H2,1H3,(H,29,32). The summed E-state index contributed by atoms with van der Waals surface area (Å²) >= 11 is 13.4. The quantitative estimate of drug-likeness (QED) is 0.398. The maximum atomic E-state index is 13.0. The fourth-order valence-corrected chi connectivity index (χ4v) is 4.81.